The molecule has 1 unspecified atom stereocenters. The van der Waals surface area contributed by atoms with E-state index >= 15 is 0 Å². The van der Waals surface area contributed by atoms with E-state index < -0.39 is 29.0 Å². The first-order chi connectivity index (χ1) is 16.9. The molecule has 0 saturated carbocycles. The molecular weight excluding hydrogens is 502 g/mol. The largest absolute Gasteiger partial charge is 0.420 e. The monoisotopic (exact) mass is 529 g/mol. The van der Waals surface area contributed by atoms with Crippen molar-refractivity contribution in [3.8, 4) is 0 Å². The molecule has 1 saturated heterocycles. The van der Waals surface area contributed by atoms with Crippen molar-refractivity contribution in [1.29, 1.82) is 0 Å². The third kappa shape index (κ3) is 6.83. The molecule has 0 bridgehead atoms. The summed E-state index contributed by atoms with van der Waals surface area (Å²) in [6.45, 7) is 7.33. The van der Waals surface area contributed by atoms with Gasteiger partial charge in [0.1, 0.15) is 11.4 Å². The second-order valence-electron chi connectivity index (χ2n) is 9.36. The van der Waals surface area contributed by atoms with E-state index in [2.05, 4.69) is 29.4 Å². The molecule has 3 rings (SSSR count). The number of hydrogen-bond acceptors (Lipinski definition) is 5. The third-order valence-electron chi connectivity index (χ3n) is 5.75. The summed E-state index contributed by atoms with van der Waals surface area (Å²) in [5.41, 5.74) is -2.37. The maximum absolute atomic E-state index is 14.1. The first-order valence-corrected chi connectivity index (χ1v) is 12.0. The predicted molar refractivity (Wildman–Crippen MR) is 127 cm³/mol. The number of nitrogens with zero attached hydrogens (tertiary/aromatic N) is 4. The van der Waals surface area contributed by atoms with E-state index in [9.17, 15) is 27.2 Å². The van der Waals surface area contributed by atoms with Gasteiger partial charge < -0.3 is 15.1 Å². The summed E-state index contributed by atoms with van der Waals surface area (Å²) in [6.07, 6.45) is -3.65. The van der Waals surface area contributed by atoms with Gasteiger partial charge in [-0.15, -0.1) is 10.2 Å². The zero-order valence-electron chi connectivity index (χ0n) is 20.2. The molecule has 1 N–H and O–H groups in total. The molecule has 1 fully saturated rings. The van der Waals surface area contributed by atoms with Crippen molar-refractivity contribution >= 4 is 29.2 Å². The van der Waals surface area contributed by atoms with Crippen LogP contribution in [0.3, 0.4) is 0 Å². The van der Waals surface area contributed by atoms with Gasteiger partial charge in [-0.3, -0.25) is 9.59 Å². The average molecular weight is 530 g/mol. The standard InChI is InChI=1S/C24H28ClF4N5O2/c1-14(2)9-15(3)12-30-22(35)19-5-6-20(32-31-19)33-7-4-8-34(13-33)23(36)17-10-16(25)11-18(26)21(17)24(27,28)29/h5-6,10-11,14-15H,4,7-9,12-13H2,1-3H3,(H,30,35). The predicted octanol–water partition coefficient (Wildman–Crippen LogP) is 5.01. The Labute approximate surface area is 211 Å². The van der Waals surface area contributed by atoms with E-state index in [1.54, 1.807) is 11.0 Å². The molecule has 196 valence electrons. The second-order valence-corrected chi connectivity index (χ2v) is 9.79. The van der Waals surface area contributed by atoms with Crippen molar-refractivity contribution in [2.75, 3.05) is 31.2 Å². The van der Waals surface area contributed by atoms with Crippen LogP contribution in [0.1, 0.15) is 60.0 Å². The van der Waals surface area contributed by atoms with Crippen LogP contribution in [-0.2, 0) is 6.18 Å². The van der Waals surface area contributed by atoms with Crippen LogP contribution in [0.15, 0.2) is 24.3 Å². The molecule has 36 heavy (non-hydrogen) atoms. The number of alkyl halides is 3. The van der Waals surface area contributed by atoms with E-state index in [-0.39, 0.29) is 29.8 Å². The summed E-state index contributed by atoms with van der Waals surface area (Å²) < 4.78 is 54.5. The SMILES string of the molecule is CC(C)CC(C)CNC(=O)c1ccc(N2CCCN(C(=O)c3cc(Cl)cc(F)c3C(F)(F)F)C2)nn1. The highest BCUT2D eigenvalue weighted by Crippen LogP contribution is 2.36. The Kier molecular flexibility index (Phi) is 8.76. The first kappa shape index (κ1) is 27.6. The average Bonchev–Trinajstić information content (AvgIpc) is 2.80. The van der Waals surface area contributed by atoms with E-state index in [1.165, 1.54) is 11.0 Å². The van der Waals surface area contributed by atoms with Gasteiger partial charge in [0.2, 0.25) is 0 Å². The highest BCUT2D eigenvalue weighted by molar-refractivity contribution is 6.31. The van der Waals surface area contributed by atoms with Crippen molar-refractivity contribution in [3.63, 3.8) is 0 Å². The topological polar surface area (TPSA) is 78.4 Å². The lowest BCUT2D eigenvalue weighted by atomic mass is 9.99. The fraction of sp³-hybridized carbons (Fsp3) is 0.500. The van der Waals surface area contributed by atoms with Gasteiger partial charge in [0, 0.05) is 24.7 Å². The second kappa shape index (κ2) is 11.4. The minimum Gasteiger partial charge on any atom is -0.350 e. The van der Waals surface area contributed by atoms with Crippen LogP contribution in [0.5, 0.6) is 0 Å². The Balaban J connectivity index is 1.70. The Bertz CT molecular complexity index is 1100. The molecule has 1 aromatic carbocycles. The minimum absolute atomic E-state index is 0.0861. The number of aromatic nitrogens is 2. The molecule has 0 aliphatic carbocycles. The lowest BCUT2D eigenvalue weighted by molar-refractivity contribution is -0.140. The van der Waals surface area contributed by atoms with Crippen LogP contribution in [0.2, 0.25) is 5.02 Å². The molecule has 0 spiro atoms. The van der Waals surface area contributed by atoms with E-state index in [4.69, 9.17) is 11.6 Å². The lowest BCUT2D eigenvalue weighted by Crippen LogP contribution is -2.48. The number of anilines is 1. The molecule has 0 radical (unpaired) electrons. The number of halogens is 5. The lowest BCUT2D eigenvalue weighted by Gasteiger charge is -2.36. The Morgan fingerprint density at radius 1 is 1.14 bits per heavy atom. The number of benzene rings is 1. The van der Waals surface area contributed by atoms with Crippen LogP contribution < -0.4 is 10.2 Å². The van der Waals surface area contributed by atoms with Crippen LogP contribution in [0.25, 0.3) is 0 Å². The summed E-state index contributed by atoms with van der Waals surface area (Å²) in [5.74, 6) is -1.78. The number of amides is 2. The van der Waals surface area contributed by atoms with Crippen molar-refractivity contribution in [3.05, 3.63) is 51.9 Å². The fourth-order valence-electron chi connectivity index (χ4n) is 4.21. The van der Waals surface area contributed by atoms with Crippen LogP contribution in [0.4, 0.5) is 23.4 Å². The highest BCUT2D eigenvalue weighted by atomic mass is 35.5. The van der Waals surface area contributed by atoms with Crippen LogP contribution >= 0.6 is 11.6 Å². The smallest absolute Gasteiger partial charge is 0.350 e. The third-order valence-corrected chi connectivity index (χ3v) is 5.96. The summed E-state index contributed by atoms with van der Waals surface area (Å²) in [7, 11) is 0. The van der Waals surface area contributed by atoms with E-state index in [0.29, 0.717) is 43.2 Å². The van der Waals surface area contributed by atoms with Gasteiger partial charge in [0.25, 0.3) is 11.8 Å². The zero-order chi connectivity index (χ0) is 26.6. The van der Waals surface area contributed by atoms with Gasteiger partial charge >= 0.3 is 6.18 Å². The van der Waals surface area contributed by atoms with Crippen LogP contribution in [0, 0.1) is 17.7 Å². The molecule has 1 aliphatic heterocycles. The fourth-order valence-corrected chi connectivity index (χ4v) is 4.42. The minimum atomic E-state index is -5.07. The summed E-state index contributed by atoms with van der Waals surface area (Å²) in [4.78, 5) is 28.2. The maximum atomic E-state index is 14.1. The van der Waals surface area contributed by atoms with Crippen molar-refractivity contribution in [2.45, 2.75) is 39.8 Å². The number of hydrogen-bond donors (Lipinski definition) is 1. The van der Waals surface area contributed by atoms with Gasteiger partial charge in [-0.25, -0.2) is 4.39 Å². The van der Waals surface area contributed by atoms with Crippen molar-refractivity contribution in [1.82, 2.24) is 20.4 Å². The molecule has 2 amide bonds. The Hall–Kier alpha value is -2.95. The number of carbonyl (C=O) groups excluding carboxylic acids is 2. The summed E-state index contributed by atoms with van der Waals surface area (Å²) in [6, 6.07) is 4.42. The summed E-state index contributed by atoms with van der Waals surface area (Å²) >= 11 is 5.74. The normalized spacial score (nSPS) is 15.2. The van der Waals surface area contributed by atoms with Crippen molar-refractivity contribution < 1.29 is 27.2 Å². The maximum Gasteiger partial charge on any atom is 0.420 e. The van der Waals surface area contributed by atoms with Gasteiger partial charge in [0.05, 0.1) is 12.2 Å². The highest BCUT2D eigenvalue weighted by Gasteiger charge is 2.40. The molecule has 1 aliphatic rings. The molecule has 7 nitrogen and oxygen atoms in total. The van der Waals surface area contributed by atoms with Crippen LogP contribution in [-0.4, -0.2) is 53.2 Å². The van der Waals surface area contributed by atoms with Crippen molar-refractivity contribution in [2.24, 2.45) is 11.8 Å². The van der Waals surface area contributed by atoms with E-state index in [1.807, 2.05) is 6.92 Å². The quantitative estimate of drug-likeness (QED) is 0.510. The molecule has 2 heterocycles. The van der Waals surface area contributed by atoms with E-state index in [0.717, 1.165) is 12.5 Å². The molecule has 2 aromatic rings. The molecule has 12 heteroatoms. The van der Waals surface area contributed by atoms with Gasteiger partial charge in [-0.2, -0.15) is 13.2 Å². The molecule has 1 aromatic heterocycles. The Morgan fingerprint density at radius 3 is 2.47 bits per heavy atom. The Morgan fingerprint density at radius 2 is 1.86 bits per heavy atom. The van der Waals surface area contributed by atoms with Gasteiger partial charge in [-0.05, 0) is 48.9 Å². The number of nitrogens with one attached hydrogen (secondary N) is 1. The van der Waals surface area contributed by atoms with Gasteiger partial charge in [-0.1, -0.05) is 32.4 Å². The summed E-state index contributed by atoms with van der Waals surface area (Å²) in [5, 5.41) is 10.6. The molecule has 1 atom stereocenters. The zero-order valence-corrected chi connectivity index (χ0v) is 21.0. The van der Waals surface area contributed by atoms with Gasteiger partial charge in [0.15, 0.2) is 11.5 Å². The molecular formula is C24H28ClF4N5O2. The first-order valence-electron chi connectivity index (χ1n) is 11.6. The number of rotatable bonds is 7. The number of carbonyl (C=O) groups is 2.